The van der Waals surface area contributed by atoms with E-state index in [1.165, 1.54) is 17.7 Å². The van der Waals surface area contributed by atoms with Crippen LogP contribution in [-0.2, 0) is 11.2 Å². The van der Waals surface area contributed by atoms with Crippen LogP contribution in [0.4, 0.5) is 17.5 Å². The summed E-state index contributed by atoms with van der Waals surface area (Å²) in [7, 11) is 0. The van der Waals surface area contributed by atoms with Crippen LogP contribution >= 0.6 is 23.6 Å². The number of carbonyl (C=O) groups excluding carboxylic acids is 1. The van der Waals surface area contributed by atoms with E-state index in [4.69, 9.17) is 12.2 Å². The van der Waals surface area contributed by atoms with Crippen LogP contribution < -0.4 is 16.0 Å². The molecule has 3 N–H and O–H groups in total. The molecular formula is C19H15N7OS2. The molecule has 0 saturated heterocycles. The normalized spacial score (nSPS) is 10.5. The zero-order valence-electron chi connectivity index (χ0n) is 15.0. The molecule has 3 heterocycles. The molecule has 0 aliphatic heterocycles. The van der Waals surface area contributed by atoms with Crippen molar-refractivity contribution in [2.75, 3.05) is 10.6 Å². The van der Waals surface area contributed by atoms with Crippen molar-refractivity contribution < 1.29 is 4.79 Å². The Bertz CT molecular complexity index is 1150. The van der Waals surface area contributed by atoms with Crippen LogP contribution in [-0.4, -0.2) is 31.0 Å². The molecule has 0 radical (unpaired) electrons. The standard InChI is InChI=1S/C19H15N7OS2/c27-15(8-12-4-2-1-3-5-12)25-19(28)24-13-9-20-18(21-10-13)26-17-16-14(6-7-29-16)22-11-23-17/h1-7,9-11H,8H2,(H2,24,25,27,28)(H,20,21,22,23,26). The highest BCUT2D eigenvalue weighted by Crippen LogP contribution is 2.26. The van der Waals surface area contributed by atoms with Gasteiger partial charge < -0.3 is 16.0 Å². The van der Waals surface area contributed by atoms with E-state index < -0.39 is 0 Å². The Hall–Kier alpha value is -3.50. The van der Waals surface area contributed by atoms with Gasteiger partial charge >= 0.3 is 0 Å². The zero-order valence-corrected chi connectivity index (χ0v) is 16.6. The number of fused-ring (bicyclic) bond motifs is 1. The van der Waals surface area contributed by atoms with E-state index in [1.807, 2.05) is 41.8 Å². The summed E-state index contributed by atoms with van der Waals surface area (Å²) in [5.41, 5.74) is 2.34. The summed E-state index contributed by atoms with van der Waals surface area (Å²) < 4.78 is 0.931. The number of carbonyl (C=O) groups is 1. The molecule has 0 fully saturated rings. The molecule has 0 spiro atoms. The van der Waals surface area contributed by atoms with Crippen molar-refractivity contribution in [2.45, 2.75) is 6.42 Å². The van der Waals surface area contributed by atoms with Gasteiger partial charge in [-0.25, -0.2) is 19.9 Å². The van der Waals surface area contributed by atoms with E-state index in [-0.39, 0.29) is 17.4 Å². The fourth-order valence-corrected chi connectivity index (χ4v) is 3.58. The molecule has 4 rings (SSSR count). The van der Waals surface area contributed by atoms with E-state index in [0.717, 1.165) is 15.8 Å². The maximum Gasteiger partial charge on any atom is 0.230 e. The third kappa shape index (κ3) is 4.86. The molecule has 0 aliphatic rings. The first-order valence-electron chi connectivity index (χ1n) is 8.59. The van der Waals surface area contributed by atoms with Crippen LogP contribution in [0.1, 0.15) is 5.56 Å². The second kappa shape index (κ2) is 8.67. The second-order valence-corrected chi connectivity index (χ2v) is 7.27. The SMILES string of the molecule is O=C(Cc1ccccc1)NC(=S)Nc1cnc(Nc2ncnc3ccsc23)nc1. The first-order chi connectivity index (χ1) is 14.2. The molecule has 1 amide bonds. The molecule has 0 aliphatic carbocycles. The van der Waals surface area contributed by atoms with Crippen LogP contribution in [0.2, 0.25) is 0 Å². The van der Waals surface area contributed by atoms with Gasteiger partial charge in [0.25, 0.3) is 0 Å². The summed E-state index contributed by atoms with van der Waals surface area (Å²) in [4.78, 5) is 29.0. The lowest BCUT2D eigenvalue weighted by Gasteiger charge is -2.10. The molecule has 3 aromatic heterocycles. The Morgan fingerprint density at radius 1 is 1.03 bits per heavy atom. The lowest BCUT2D eigenvalue weighted by Crippen LogP contribution is -2.35. The van der Waals surface area contributed by atoms with Gasteiger partial charge in [-0.05, 0) is 29.2 Å². The van der Waals surface area contributed by atoms with Crippen molar-refractivity contribution >= 4 is 62.2 Å². The first-order valence-corrected chi connectivity index (χ1v) is 9.88. The molecule has 4 aromatic rings. The number of nitrogens with zero attached hydrogens (tertiary/aromatic N) is 4. The van der Waals surface area contributed by atoms with E-state index in [1.54, 1.807) is 12.4 Å². The number of hydrogen-bond donors (Lipinski definition) is 3. The van der Waals surface area contributed by atoms with Gasteiger partial charge in [0, 0.05) is 0 Å². The quantitative estimate of drug-likeness (QED) is 0.422. The largest absolute Gasteiger partial charge is 0.330 e. The lowest BCUT2D eigenvalue weighted by atomic mass is 10.1. The van der Waals surface area contributed by atoms with Crippen LogP contribution in [0, 0.1) is 0 Å². The van der Waals surface area contributed by atoms with Crippen molar-refractivity contribution in [3.05, 3.63) is 66.1 Å². The van der Waals surface area contributed by atoms with Crippen molar-refractivity contribution in [2.24, 2.45) is 0 Å². The number of benzene rings is 1. The number of amides is 1. The zero-order chi connectivity index (χ0) is 20.1. The van der Waals surface area contributed by atoms with Gasteiger partial charge in [0.1, 0.15) is 6.33 Å². The molecule has 0 bridgehead atoms. The number of thiophene rings is 1. The van der Waals surface area contributed by atoms with Crippen LogP contribution in [0.5, 0.6) is 0 Å². The van der Waals surface area contributed by atoms with E-state index in [9.17, 15) is 4.79 Å². The maximum absolute atomic E-state index is 12.1. The van der Waals surface area contributed by atoms with Crippen LogP contribution in [0.25, 0.3) is 10.2 Å². The number of hydrogen-bond acceptors (Lipinski definition) is 8. The van der Waals surface area contributed by atoms with Crippen LogP contribution in [0.3, 0.4) is 0 Å². The lowest BCUT2D eigenvalue weighted by molar-refractivity contribution is -0.119. The molecule has 8 nitrogen and oxygen atoms in total. The number of thiocarbonyl (C=S) groups is 1. The Labute approximate surface area is 175 Å². The maximum atomic E-state index is 12.1. The average Bonchev–Trinajstić information content (AvgIpc) is 3.20. The van der Waals surface area contributed by atoms with Gasteiger partial charge in [-0.2, -0.15) is 0 Å². The Morgan fingerprint density at radius 3 is 2.62 bits per heavy atom. The first kappa shape index (κ1) is 18.8. The smallest absolute Gasteiger partial charge is 0.230 e. The van der Waals surface area contributed by atoms with Crippen molar-refractivity contribution in [3.63, 3.8) is 0 Å². The molecular weight excluding hydrogens is 406 g/mol. The van der Waals surface area contributed by atoms with Gasteiger partial charge in [-0.15, -0.1) is 11.3 Å². The third-order valence-electron chi connectivity index (χ3n) is 3.84. The summed E-state index contributed by atoms with van der Waals surface area (Å²) in [6.07, 6.45) is 4.87. The molecule has 1 aromatic carbocycles. The number of rotatable bonds is 5. The summed E-state index contributed by atoms with van der Waals surface area (Å²) in [5.74, 6) is 0.842. The van der Waals surface area contributed by atoms with Gasteiger partial charge in [-0.3, -0.25) is 4.79 Å². The van der Waals surface area contributed by atoms with Gasteiger partial charge in [-0.1, -0.05) is 30.3 Å². The number of anilines is 3. The van der Waals surface area contributed by atoms with Crippen molar-refractivity contribution in [3.8, 4) is 0 Å². The van der Waals surface area contributed by atoms with Gasteiger partial charge in [0.2, 0.25) is 11.9 Å². The van der Waals surface area contributed by atoms with E-state index in [0.29, 0.717) is 17.5 Å². The molecule has 0 saturated carbocycles. The monoisotopic (exact) mass is 421 g/mol. The predicted octanol–water partition coefficient (Wildman–Crippen LogP) is 3.28. The topological polar surface area (TPSA) is 105 Å². The second-order valence-electron chi connectivity index (χ2n) is 5.94. The summed E-state index contributed by atoms with van der Waals surface area (Å²) in [5, 5.41) is 10.8. The highest BCUT2D eigenvalue weighted by Gasteiger charge is 2.09. The van der Waals surface area contributed by atoms with Gasteiger partial charge in [0.15, 0.2) is 10.9 Å². The molecule has 0 unspecified atom stereocenters. The minimum Gasteiger partial charge on any atom is -0.330 e. The average molecular weight is 422 g/mol. The molecule has 144 valence electrons. The molecule has 29 heavy (non-hydrogen) atoms. The van der Waals surface area contributed by atoms with Crippen LogP contribution in [0.15, 0.2) is 60.5 Å². The predicted molar refractivity (Wildman–Crippen MR) is 117 cm³/mol. The van der Waals surface area contributed by atoms with Crippen molar-refractivity contribution in [1.82, 2.24) is 25.3 Å². The van der Waals surface area contributed by atoms with Crippen molar-refractivity contribution in [1.29, 1.82) is 0 Å². The summed E-state index contributed by atoms with van der Waals surface area (Å²) in [6.45, 7) is 0. The Morgan fingerprint density at radius 2 is 1.83 bits per heavy atom. The minimum absolute atomic E-state index is 0.186. The van der Waals surface area contributed by atoms with E-state index >= 15 is 0 Å². The highest BCUT2D eigenvalue weighted by atomic mass is 32.1. The molecule has 0 atom stereocenters. The van der Waals surface area contributed by atoms with Gasteiger partial charge in [0.05, 0.1) is 34.7 Å². The van der Waals surface area contributed by atoms with E-state index in [2.05, 4.69) is 35.9 Å². The third-order valence-corrected chi connectivity index (χ3v) is 4.96. The number of nitrogens with one attached hydrogen (secondary N) is 3. The fraction of sp³-hybridized carbons (Fsp3) is 0.0526. The minimum atomic E-state index is -0.198. The summed E-state index contributed by atoms with van der Waals surface area (Å²) >= 11 is 6.72. The highest BCUT2D eigenvalue weighted by molar-refractivity contribution is 7.80. The Kier molecular flexibility index (Phi) is 5.63. The summed E-state index contributed by atoms with van der Waals surface area (Å²) in [6, 6.07) is 11.4. The Balaban J connectivity index is 1.34. The number of aromatic nitrogens is 4. The fourth-order valence-electron chi connectivity index (χ4n) is 2.56. The molecule has 10 heteroatoms.